The monoisotopic (exact) mass is 388 g/mol. The van der Waals surface area contributed by atoms with Crippen LogP contribution in [-0.4, -0.2) is 30.4 Å². The Labute approximate surface area is 163 Å². The zero-order chi connectivity index (χ0) is 18.3. The molecular formula is C21H22ClFN2O2. The van der Waals surface area contributed by atoms with Crippen molar-refractivity contribution in [2.75, 3.05) is 19.6 Å². The number of aryl methyl sites for hydroxylation is 1. The van der Waals surface area contributed by atoms with E-state index < -0.39 is 0 Å². The van der Waals surface area contributed by atoms with Gasteiger partial charge in [0.2, 0.25) is 0 Å². The molecule has 2 atom stereocenters. The van der Waals surface area contributed by atoms with Crippen LogP contribution >= 0.6 is 12.4 Å². The fourth-order valence-corrected chi connectivity index (χ4v) is 3.89. The van der Waals surface area contributed by atoms with E-state index >= 15 is 0 Å². The van der Waals surface area contributed by atoms with Gasteiger partial charge in [0.1, 0.15) is 11.4 Å². The molecule has 1 aliphatic rings. The molecule has 4 rings (SSSR count). The number of nitrogens with two attached hydrogens (primary N) is 1. The minimum atomic E-state index is -0.339. The van der Waals surface area contributed by atoms with Gasteiger partial charge in [0.15, 0.2) is 5.76 Å². The van der Waals surface area contributed by atoms with Gasteiger partial charge >= 0.3 is 0 Å². The molecule has 27 heavy (non-hydrogen) atoms. The molecule has 142 valence electrons. The van der Waals surface area contributed by atoms with Crippen molar-refractivity contribution in [1.29, 1.82) is 0 Å². The van der Waals surface area contributed by atoms with Crippen LogP contribution in [0.25, 0.3) is 11.0 Å². The molecule has 1 saturated heterocycles. The van der Waals surface area contributed by atoms with Crippen molar-refractivity contribution in [1.82, 2.24) is 4.90 Å². The number of hydrogen-bond acceptors (Lipinski definition) is 3. The zero-order valence-corrected chi connectivity index (χ0v) is 15.8. The van der Waals surface area contributed by atoms with Crippen molar-refractivity contribution in [2.45, 2.75) is 12.8 Å². The quantitative estimate of drug-likeness (QED) is 0.734. The molecule has 4 nitrogen and oxygen atoms in total. The summed E-state index contributed by atoms with van der Waals surface area (Å²) in [6.07, 6.45) is 0. The average Bonchev–Trinajstić information content (AvgIpc) is 3.24. The van der Waals surface area contributed by atoms with Gasteiger partial charge in [0.05, 0.1) is 0 Å². The van der Waals surface area contributed by atoms with Gasteiger partial charge in [-0.15, -0.1) is 12.4 Å². The van der Waals surface area contributed by atoms with Crippen molar-refractivity contribution in [3.8, 4) is 0 Å². The van der Waals surface area contributed by atoms with Gasteiger partial charge in [0, 0.05) is 30.0 Å². The van der Waals surface area contributed by atoms with Crippen molar-refractivity contribution >= 4 is 29.3 Å². The van der Waals surface area contributed by atoms with Crippen LogP contribution < -0.4 is 5.73 Å². The van der Waals surface area contributed by atoms with E-state index in [9.17, 15) is 9.18 Å². The minimum absolute atomic E-state index is 0. The Kier molecular flexibility index (Phi) is 5.53. The van der Waals surface area contributed by atoms with Crippen LogP contribution in [0.15, 0.2) is 52.9 Å². The highest BCUT2D eigenvalue weighted by Crippen LogP contribution is 2.34. The molecule has 0 saturated carbocycles. The summed E-state index contributed by atoms with van der Waals surface area (Å²) >= 11 is 0. The Morgan fingerprint density at radius 2 is 1.96 bits per heavy atom. The molecule has 6 heteroatoms. The Balaban J connectivity index is 0.00000210. The largest absolute Gasteiger partial charge is 0.451 e. The van der Waals surface area contributed by atoms with Crippen molar-refractivity contribution in [3.05, 3.63) is 71.2 Å². The van der Waals surface area contributed by atoms with Crippen LogP contribution in [0.5, 0.6) is 0 Å². The molecule has 0 aliphatic carbocycles. The maximum atomic E-state index is 13.5. The lowest BCUT2D eigenvalue weighted by Crippen LogP contribution is -2.30. The van der Waals surface area contributed by atoms with Gasteiger partial charge in [-0.25, -0.2) is 4.39 Å². The lowest BCUT2D eigenvalue weighted by molar-refractivity contribution is 0.0756. The predicted molar refractivity (Wildman–Crippen MR) is 106 cm³/mol. The first-order valence-electron chi connectivity index (χ1n) is 8.81. The fraction of sp³-hybridized carbons (Fsp3) is 0.286. The van der Waals surface area contributed by atoms with E-state index in [0.29, 0.717) is 36.2 Å². The number of furan rings is 1. The number of carbonyl (C=O) groups excluding carboxylic acids is 1. The first-order valence-corrected chi connectivity index (χ1v) is 8.81. The number of fused-ring (bicyclic) bond motifs is 1. The number of likely N-dealkylation sites (tertiary alicyclic amines) is 1. The highest BCUT2D eigenvalue weighted by Gasteiger charge is 2.37. The molecular weight excluding hydrogens is 367 g/mol. The van der Waals surface area contributed by atoms with Crippen LogP contribution in [0.4, 0.5) is 4.39 Å². The summed E-state index contributed by atoms with van der Waals surface area (Å²) in [6.45, 7) is 3.52. The molecule has 1 fully saturated rings. The fourth-order valence-electron chi connectivity index (χ4n) is 3.89. The second-order valence-electron chi connectivity index (χ2n) is 6.92. The van der Waals surface area contributed by atoms with Gasteiger partial charge in [-0.2, -0.15) is 0 Å². The Morgan fingerprint density at radius 1 is 1.22 bits per heavy atom. The van der Waals surface area contributed by atoms with Gasteiger partial charge < -0.3 is 15.1 Å². The van der Waals surface area contributed by atoms with E-state index in [2.05, 4.69) is 12.1 Å². The lowest BCUT2D eigenvalue weighted by Gasteiger charge is -2.16. The van der Waals surface area contributed by atoms with E-state index in [0.717, 1.165) is 0 Å². The molecule has 0 radical (unpaired) electrons. The summed E-state index contributed by atoms with van der Waals surface area (Å²) in [5, 5.41) is 0.641. The molecule has 1 amide bonds. The predicted octanol–water partition coefficient (Wildman–Crippen LogP) is 4.12. The number of rotatable bonds is 3. The van der Waals surface area contributed by atoms with Gasteiger partial charge in [-0.1, -0.05) is 30.3 Å². The molecule has 1 aromatic heterocycles. The summed E-state index contributed by atoms with van der Waals surface area (Å²) in [7, 11) is 0. The van der Waals surface area contributed by atoms with Gasteiger partial charge in [-0.3, -0.25) is 4.79 Å². The van der Waals surface area contributed by atoms with Crippen molar-refractivity contribution in [3.63, 3.8) is 0 Å². The summed E-state index contributed by atoms with van der Waals surface area (Å²) in [5.74, 6) is 0.218. The van der Waals surface area contributed by atoms with Crippen LogP contribution in [0.1, 0.15) is 27.6 Å². The molecule has 2 heterocycles. The number of hydrogen-bond donors (Lipinski definition) is 1. The first-order chi connectivity index (χ1) is 12.6. The summed E-state index contributed by atoms with van der Waals surface area (Å²) in [4.78, 5) is 14.9. The third-order valence-corrected chi connectivity index (χ3v) is 5.35. The number of halogens is 2. The highest BCUT2D eigenvalue weighted by atomic mass is 35.5. The Bertz CT molecular complexity index is 957. The standard InChI is InChI=1S/C21H21FN2O2.ClH/c1-13-17-9-16(22)7-8-19(17)26-20(13)21(25)24-11-15(10-23)18(12-24)14-5-3-2-4-6-14;/h2-9,15,18H,10-12,23H2,1H3;1H/t15-,18+;/m1./s1. The van der Waals surface area contributed by atoms with E-state index in [1.54, 1.807) is 17.9 Å². The second kappa shape index (κ2) is 7.71. The molecule has 3 aromatic rings. The number of amides is 1. The molecule has 0 unspecified atom stereocenters. The maximum absolute atomic E-state index is 13.5. The Morgan fingerprint density at radius 3 is 2.67 bits per heavy atom. The molecule has 0 spiro atoms. The normalized spacial score (nSPS) is 19.3. The third kappa shape index (κ3) is 3.45. The van der Waals surface area contributed by atoms with Gasteiger partial charge in [-0.05, 0) is 43.1 Å². The van der Waals surface area contributed by atoms with E-state index in [4.69, 9.17) is 10.2 Å². The van der Waals surface area contributed by atoms with Crippen LogP contribution in [-0.2, 0) is 0 Å². The van der Waals surface area contributed by atoms with Crippen LogP contribution in [0, 0.1) is 18.7 Å². The van der Waals surface area contributed by atoms with Crippen LogP contribution in [0.2, 0.25) is 0 Å². The average molecular weight is 389 g/mol. The topological polar surface area (TPSA) is 59.5 Å². The zero-order valence-electron chi connectivity index (χ0n) is 15.0. The van der Waals surface area contributed by atoms with E-state index in [-0.39, 0.29) is 41.7 Å². The van der Waals surface area contributed by atoms with Crippen molar-refractivity contribution < 1.29 is 13.6 Å². The van der Waals surface area contributed by atoms with Crippen molar-refractivity contribution in [2.24, 2.45) is 11.7 Å². The molecule has 1 aliphatic heterocycles. The Hall–Kier alpha value is -2.37. The van der Waals surface area contributed by atoms with E-state index in [1.807, 2.05) is 18.2 Å². The third-order valence-electron chi connectivity index (χ3n) is 5.35. The SMILES string of the molecule is Cc1c(C(=O)N2C[C@@H](CN)[C@H](c3ccccc3)C2)oc2ccc(F)cc12.Cl. The molecule has 2 N–H and O–H groups in total. The van der Waals surface area contributed by atoms with Crippen LogP contribution in [0.3, 0.4) is 0 Å². The van der Waals surface area contributed by atoms with E-state index in [1.165, 1.54) is 17.7 Å². The smallest absolute Gasteiger partial charge is 0.289 e. The first kappa shape index (κ1) is 19.4. The molecule has 2 aromatic carbocycles. The number of carbonyl (C=O) groups is 1. The maximum Gasteiger partial charge on any atom is 0.289 e. The second-order valence-corrected chi connectivity index (χ2v) is 6.92. The molecule has 0 bridgehead atoms. The number of nitrogens with zero attached hydrogens (tertiary/aromatic N) is 1. The lowest BCUT2D eigenvalue weighted by atomic mass is 9.89. The number of benzene rings is 2. The minimum Gasteiger partial charge on any atom is -0.451 e. The summed E-state index contributed by atoms with van der Waals surface area (Å²) in [5.41, 5.74) is 8.37. The summed E-state index contributed by atoms with van der Waals surface area (Å²) < 4.78 is 19.3. The summed E-state index contributed by atoms with van der Waals surface area (Å²) in [6, 6.07) is 14.5. The highest BCUT2D eigenvalue weighted by molar-refractivity contribution is 5.99. The van der Waals surface area contributed by atoms with Gasteiger partial charge in [0.25, 0.3) is 5.91 Å².